The first-order valence-electron chi connectivity index (χ1n) is 14.3. The normalized spacial score (nSPS) is 13.0. The van der Waals surface area contributed by atoms with E-state index in [9.17, 15) is 19.5 Å². The number of alkyl carbamates (subject to hydrolysis) is 1. The highest BCUT2D eigenvalue weighted by Gasteiger charge is 2.38. The fourth-order valence-electron chi connectivity index (χ4n) is 4.67. The molecule has 8 heteroatoms. The van der Waals surface area contributed by atoms with Crippen LogP contribution >= 0.6 is 0 Å². The Labute approximate surface area is 243 Å². The van der Waals surface area contributed by atoms with Crippen LogP contribution < -0.4 is 10.6 Å². The number of nitrogens with zero attached hydrogens (tertiary/aromatic N) is 1. The fourth-order valence-corrected chi connectivity index (χ4v) is 4.67. The molecular weight excluding hydrogens is 518 g/mol. The Balaban J connectivity index is 2.03. The van der Waals surface area contributed by atoms with Crippen LogP contribution in [0.25, 0.3) is 10.8 Å². The predicted octanol–water partition coefficient (Wildman–Crippen LogP) is 6.79. The Morgan fingerprint density at radius 2 is 1.59 bits per heavy atom. The number of unbranched alkanes of at least 4 members (excludes halogenated alkanes) is 2. The Bertz CT molecular complexity index is 1350. The quantitative estimate of drug-likeness (QED) is 0.223. The van der Waals surface area contributed by atoms with Gasteiger partial charge in [-0.3, -0.25) is 9.59 Å². The molecule has 8 nitrogen and oxygen atoms in total. The molecule has 0 radical (unpaired) electrons. The molecule has 0 aliphatic carbocycles. The zero-order valence-electron chi connectivity index (χ0n) is 24.9. The van der Waals surface area contributed by atoms with Crippen molar-refractivity contribution < 1.29 is 24.2 Å². The smallest absolute Gasteiger partial charge is 0.408 e. The largest absolute Gasteiger partial charge is 0.508 e. The average Bonchev–Trinajstić information content (AvgIpc) is 2.90. The van der Waals surface area contributed by atoms with E-state index in [0.717, 1.165) is 23.6 Å². The second kappa shape index (κ2) is 14.0. The van der Waals surface area contributed by atoms with E-state index >= 15 is 0 Å². The number of ether oxygens (including phenoxy) is 1. The van der Waals surface area contributed by atoms with Gasteiger partial charge in [0.05, 0.1) is 0 Å². The maximum absolute atomic E-state index is 14.2. The van der Waals surface area contributed by atoms with Crippen LogP contribution in [-0.2, 0) is 14.3 Å². The molecule has 0 fully saturated rings. The summed E-state index contributed by atoms with van der Waals surface area (Å²) in [5.74, 6) is -1.28. The van der Waals surface area contributed by atoms with Gasteiger partial charge in [-0.1, -0.05) is 82.1 Å². The van der Waals surface area contributed by atoms with E-state index in [1.807, 2.05) is 56.3 Å². The highest BCUT2D eigenvalue weighted by Crippen LogP contribution is 2.32. The maximum Gasteiger partial charge on any atom is 0.408 e. The first-order valence-corrected chi connectivity index (χ1v) is 14.3. The molecule has 0 aromatic heterocycles. The van der Waals surface area contributed by atoms with Gasteiger partial charge in [0.2, 0.25) is 5.91 Å². The van der Waals surface area contributed by atoms with Gasteiger partial charge in [-0.15, -0.1) is 0 Å². The molecule has 0 bridgehead atoms. The van der Waals surface area contributed by atoms with Gasteiger partial charge in [-0.2, -0.15) is 0 Å². The second-order valence-corrected chi connectivity index (χ2v) is 11.6. The van der Waals surface area contributed by atoms with E-state index in [0.29, 0.717) is 17.7 Å². The number of phenolic OH excluding ortho intramolecular Hbond substituents is 1. The molecule has 220 valence electrons. The van der Waals surface area contributed by atoms with E-state index in [4.69, 9.17) is 4.74 Å². The summed E-state index contributed by atoms with van der Waals surface area (Å²) in [5.41, 5.74) is 0.130. The summed E-state index contributed by atoms with van der Waals surface area (Å²) < 4.78 is 5.43. The predicted molar refractivity (Wildman–Crippen MR) is 163 cm³/mol. The number of phenols is 1. The van der Waals surface area contributed by atoms with Crippen LogP contribution in [-0.4, -0.2) is 46.1 Å². The highest BCUT2D eigenvalue weighted by atomic mass is 16.6. The van der Waals surface area contributed by atoms with Gasteiger partial charge in [0, 0.05) is 17.8 Å². The SMILES string of the molecule is CCCCCN(C(=O)C(NC(=O)OC(C)(C)C)C(C)C)C(C(=O)Nc1ccc2ccccc2c1)c1ccccc1O. The van der Waals surface area contributed by atoms with Gasteiger partial charge in [0.15, 0.2) is 0 Å². The summed E-state index contributed by atoms with van der Waals surface area (Å²) in [5, 5.41) is 18.5. The number of hydrogen-bond donors (Lipinski definition) is 3. The van der Waals surface area contributed by atoms with Crippen molar-refractivity contribution in [2.75, 3.05) is 11.9 Å². The van der Waals surface area contributed by atoms with Crippen molar-refractivity contribution in [2.24, 2.45) is 5.92 Å². The maximum atomic E-state index is 14.2. The number of para-hydroxylation sites is 1. The molecule has 3 N–H and O–H groups in total. The zero-order chi connectivity index (χ0) is 30.2. The van der Waals surface area contributed by atoms with Crippen LogP contribution in [0.3, 0.4) is 0 Å². The Hall–Kier alpha value is -4.07. The summed E-state index contributed by atoms with van der Waals surface area (Å²) in [4.78, 5) is 42.5. The molecular formula is C33H43N3O5. The Morgan fingerprint density at radius 3 is 2.22 bits per heavy atom. The average molecular weight is 562 g/mol. The third-order valence-corrected chi connectivity index (χ3v) is 6.70. The number of carbonyl (C=O) groups is 3. The monoisotopic (exact) mass is 561 g/mol. The minimum absolute atomic E-state index is 0.0966. The minimum Gasteiger partial charge on any atom is -0.508 e. The van der Waals surface area contributed by atoms with Gasteiger partial charge in [0.25, 0.3) is 5.91 Å². The molecule has 0 saturated carbocycles. The summed E-state index contributed by atoms with van der Waals surface area (Å²) in [6.45, 7) is 11.2. The molecule has 3 rings (SSSR count). The molecule has 0 saturated heterocycles. The number of aromatic hydroxyl groups is 1. The molecule has 41 heavy (non-hydrogen) atoms. The molecule has 0 spiro atoms. The molecule has 3 amide bonds. The molecule has 2 atom stereocenters. The van der Waals surface area contributed by atoms with Crippen molar-refractivity contribution in [3.05, 3.63) is 72.3 Å². The van der Waals surface area contributed by atoms with Crippen molar-refractivity contribution in [3.63, 3.8) is 0 Å². The van der Waals surface area contributed by atoms with Gasteiger partial charge >= 0.3 is 6.09 Å². The number of fused-ring (bicyclic) bond motifs is 1. The van der Waals surface area contributed by atoms with Gasteiger partial charge in [-0.05, 0) is 62.1 Å². The number of anilines is 1. The standard InChI is InChI=1S/C33H43N3O5/c1-7-8-13-20-36(31(39)28(22(2)3)35-32(40)41-33(4,5)6)29(26-16-11-12-17-27(26)37)30(38)34-25-19-18-23-14-9-10-15-24(23)21-25/h9-12,14-19,21-22,28-29,37H,7-8,13,20H2,1-6H3,(H,34,38)(H,35,40). The van der Waals surface area contributed by atoms with Crippen LogP contribution in [0.2, 0.25) is 0 Å². The van der Waals surface area contributed by atoms with E-state index in [1.54, 1.807) is 39.0 Å². The van der Waals surface area contributed by atoms with Crippen LogP contribution in [0.1, 0.15) is 72.4 Å². The van der Waals surface area contributed by atoms with E-state index in [2.05, 4.69) is 17.6 Å². The fraction of sp³-hybridized carbons (Fsp3) is 0.424. The lowest BCUT2D eigenvalue weighted by Crippen LogP contribution is -2.54. The minimum atomic E-state index is -1.14. The lowest BCUT2D eigenvalue weighted by atomic mass is 9.97. The zero-order valence-corrected chi connectivity index (χ0v) is 24.9. The first kappa shape index (κ1) is 31.5. The number of hydrogen-bond acceptors (Lipinski definition) is 5. The van der Waals surface area contributed by atoms with Crippen molar-refractivity contribution in [1.82, 2.24) is 10.2 Å². The van der Waals surface area contributed by atoms with E-state index in [-0.39, 0.29) is 18.2 Å². The lowest BCUT2D eigenvalue weighted by Gasteiger charge is -2.35. The van der Waals surface area contributed by atoms with Crippen molar-refractivity contribution in [1.29, 1.82) is 0 Å². The summed E-state index contributed by atoms with van der Waals surface area (Å²) in [6.07, 6.45) is 1.69. The summed E-state index contributed by atoms with van der Waals surface area (Å²) >= 11 is 0. The molecule has 2 unspecified atom stereocenters. The number of rotatable bonds is 11. The first-order chi connectivity index (χ1) is 19.4. The van der Waals surface area contributed by atoms with E-state index < -0.39 is 35.6 Å². The van der Waals surface area contributed by atoms with Gasteiger partial charge in [-0.25, -0.2) is 4.79 Å². The summed E-state index contributed by atoms with van der Waals surface area (Å²) in [6, 6.07) is 17.9. The molecule has 0 aliphatic heterocycles. The van der Waals surface area contributed by atoms with E-state index in [1.165, 1.54) is 11.0 Å². The van der Waals surface area contributed by atoms with Gasteiger partial charge in [0.1, 0.15) is 23.4 Å². The van der Waals surface area contributed by atoms with Crippen LogP contribution in [0.4, 0.5) is 10.5 Å². The van der Waals surface area contributed by atoms with Crippen LogP contribution in [0, 0.1) is 5.92 Å². The molecule has 0 aliphatic rings. The van der Waals surface area contributed by atoms with Crippen molar-refractivity contribution in [3.8, 4) is 5.75 Å². The van der Waals surface area contributed by atoms with Crippen LogP contribution in [0.5, 0.6) is 5.75 Å². The number of benzene rings is 3. The number of nitrogens with one attached hydrogen (secondary N) is 2. The second-order valence-electron chi connectivity index (χ2n) is 11.6. The third-order valence-electron chi connectivity index (χ3n) is 6.70. The molecule has 3 aromatic carbocycles. The Kier molecular flexibility index (Phi) is 10.8. The topological polar surface area (TPSA) is 108 Å². The third kappa shape index (κ3) is 8.71. The lowest BCUT2D eigenvalue weighted by molar-refractivity contribution is -0.141. The molecule has 3 aromatic rings. The van der Waals surface area contributed by atoms with Crippen molar-refractivity contribution >= 4 is 34.4 Å². The van der Waals surface area contributed by atoms with Crippen molar-refractivity contribution in [2.45, 2.75) is 78.5 Å². The number of carbonyl (C=O) groups excluding carboxylic acids is 3. The van der Waals surface area contributed by atoms with Crippen LogP contribution in [0.15, 0.2) is 66.7 Å². The van der Waals surface area contributed by atoms with Gasteiger partial charge < -0.3 is 25.4 Å². The summed E-state index contributed by atoms with van der Waals surface area (Å²) in [7, 11) is 0. The Morgan fingerprint density at radius 1 is 0.927 bits per heavy atom. The number of amides is 3. The highest BCUT2D eigenvalue weighted by molar-refractivity contribution is 6.00. The molecule has 0 heterocycles.